The molecule has 0 saturated heterocycles. The maximum atomic E-state index is 10.7. The average molecular weight is 277 g/mol. The van der Waals surface area contributed by atoms with Gasteiger partial charge in [0.1, 0.15) is 0 Å². The van der Waals surface area contributed by atoms with Crippen LogP contribution in [0, 0.1) is 0 Å². The third-order valence-corrected chi connectivity index (χ3v) is 6.48. The van der Waals surface area contributed by atoms with Crippen LogP contribution in [0.15, 0.2) is 9.59 Å². The van der Waals surface area contributed by atoms with Crippen molar-refractivity contribution >= 4 is 33.0 Å². The van der Waals surface area contributed by atoms with Gasteiger partial charge in [0.25, 0.3) is 0 Å². The fourth-order valence-corrected chi connectivity index (χ4v) is 6.52. The summed E-state index contributed by atoms with van der Waals surface area (Å²) in [5.74, 6) is 0. The fourth-order valence-electron chi connectivity index (χ4n) is 0.933. The van der Waals surface area contributed by atoms with Crippen molar-refractivity contribution in [2.75, 3.05) is 6.26 Å². The topological polar surface area (TPSA) is 43.4 Å². The molecule has 0 unspecified atom stereocenters. The van der Waals surface area contributed by atoms with Crippen LogP contribution in [0.3, 0.4) is 0 Å². The molecule has 1 heterocycles. The Morgan fingerprint density at radius 2 is 2.36 bits per heavy atom. The Bertz CT molecular complexity index is 255. The Labute approximate surface area is 78.3 Å². The minimum absolute atomic E-state index is 0.800. The van der Waals surface area contributed by atoms with Gasteiger partial charge in [0.05, 0.1) is 0 Å². The summed E-state index contributed by atoms with van der Waals surface area (Å²) >= 11 is -0.823. The second-order valence-electron chi connectivity index (χ2n) is 2.53. The van der Waals surface area contributed by atoms with Gasteiger partial charge in [0.15, 0.2) is 0 Å². The van der Waals surface area contributed by atoms with Crippen molar-refractivity contribution in [3.05, 3.63) is 9.59 Å². The number of hydrogen-bond donors (Lipinski definition) is 0. The van der Waals surface area contributed by atoms with Gasteiger partial charge in [-0.05, 0) is 0 Å². The summed E-state index contributed by atoms with van der Waals surface area (Å²) in [6.07, 6.45) is 5.24. The molecule has 0 amide bonds. The molecule has 0 aromatic rings. The number of hydrogen-bond acceptors (Lipinski definition) is 3. The summed E-state index contributed by atoms with van der Waals surface area (Å²) in [6.45, 7) is 0. The van der Waals surface area contributed by atoms with E-state index in [1.807, 2.05) is 6.08 Å². The van der Waals surface area contributed by atoms with E-state index in [9.17, 15) is 8.42 Å². The molecule has 0 spiro atoms. The Kier molecular flexibility index (Phi) is 3.30. The fraction of sp³-hybridized carbons (Fsp3) is 0.667. The summed E-state index contributed by atoms with van der Waals surface area (Å²) in [5.41, 5.74) is 0. The first kappa shape index (κ1) is 9.45. The molecule has 1 radical (unpaired) electrons. The van der Waals surface area contributed by atoms with Crippen LogP contribution in [0.2, 0.25) is 4.18 Å². The predicted octanol–water partition coefficient (Wildman–Crippen LogP) is 0.720. The van der Waals surface area contributed by atoms with Crippen LogP contribution in [0.1, 0.15) is 12.8 Å². The number of rotatable bonds is 2. The summed E-state index contributed by atoms with van der Waals surface area (Å²) in [4.78, 5) is 0. The van der Waals surface area contributed by atoms with Gasteiger partial charge in [-0.25, -0.2) is 0 Å². The monoisotopic (exact) mass is 277 g/mol. The van der Waals surface area contributed by atoms with Crippen LogP contribution in [-0.4, -0.2) is 37.6 Å². The van der Waals surface area contributed by atoms with Gasteiger partial charge in [0, 0.05) is 0 Å². The average Bonchev–Trinajstić information content (AvgIpc) is 1.85. The van der Waals surface area contributed by atoms with E-state index in [1.165, 1.54) is 10.6 Å². The molecule has 0 atom stereocenters. The van der Waals surface area contributed by atoms with Crippen LogP contribution in [0.5, 0.6) is 0 Å². The molecule has 3 nitrogen and oxygen atoms in total. The van der Waals surface area contributed by atoms with E-state index in [2.05, 4.69) is 0 Å². The molecule has 0 aromatic carbocycles. The van der Waals surface area contributed by atoms with Crippen molar-refractivity contribution in [1.82, 2.24) is 0 Å². The van der Waals surface area contributed by atoms with Crippen LogP contribution in [0.25, 0.3) is 0 Å². The molecule has 1 aliphatic heterocycles. The van der Waals surface area contributed by atoms with Gasteiger partial charge in [-0.1, -0.05) is 0 Å². The molecule has 1 rings (SSSR count). The van der Waals surface area contributed by atoms with Crippen molar-refractivity contribution in [1.29, 1.82) is 0 Å². The summed E-state index contributed by atoms with van der Waals surface area (Å²) < 4.78 is 28.1. The van der Waals surface area contributed by atoms with E-state index in [-0.39, 0.29) is 0 Å². The van der Waals surface area contributed by atoms with Gasteiger partial charge in [-0.2, -0.15) is 0 Å². The first-order chi connectivity index (χ1) is 5.08. The van der Waals surface area contributed by atoms with Crippen molar-refractivity contribution < 1.29 is 12.6 Å². The van der Waals surface area contributed by atoms with Crippen molar-refractivity contribution in [3.63, 3.8) is 0 Å². The molecule has 0 N–H and O–H groups in total. The zero-order valence-corrected chi connectivity index (χ0v) is 10.5. The maximum absolute atomic E-state index is 10.7. The second-order valence-corrected chi connectivity index (χ2v) is 8.54. The quantitative estimate of drug-likeness (QED) is 0.698. The molecule has 5 heteroatoms. The zero-order valence-electron chi connectivity index (χ0n) is 6.41. The first-order valence-electron chi connectivity index (χ1n) is 3.51. The summed E-state index contributed by atoms with van der Waals surface area (Å²) in [7, 11) is -3.24. The van der Waals surface area contributed by atoms with Gasteiger partial charge < -0.3 is 0 Å². The molecular weight excluding hydrogens is 267 g/mol. The van der Waals surface area contributed by atoms with E-state index in [1.54, 1.807) is 0 Å². The van der Waals surface area contributed by atoms with E-state index in [0.717, 1.165) is 16.2 Å². The van der Waals surface area contributed by atoms with Gasteiger partial charge in [-0.3, -0.25) is 0 Å². The molecule has 0 aliphatic carbocycles. The SMILES string of the molecule is CS(=O)(=O)O[C]1=CCC[CH2][In]1. The normalized spacial score (nSPS) is 18.5. The predicted molar refractivity (Wildman–Crippen MR) is 43.8 cm³/mol. The Hall–Kier alpha value is 0.360. The van der Waals surface area contributed by atoms with Crippen molar-refractivity contribution in [3.8, 4) is 0 Å². The summed E-state index contributed by atoms with van der Waals surface area (Å²) in [6, 6.07) is 0. The van der Waals surface area contributed by atoms with Crippen LogP contribution >= 0.6 is 0 Å². The van der Waals surface area contributed by atoms with Gasteiger partial charge in [-0.15, -0.1) is 0 Å². The number of allylic oxidation sites excluding steroid dienone is 1. The van der Waals surface area contributed by atoms with Crippen LogP contribution < -0.4 is 0 Å². The molecule has 11 heavy (non-hydrogen) atoms. The molecule has 0 fully saturated rings. The zero-order chi connectivity index (χ0) is 8.32. The Morgan fingerprint density at radius 3 is 2.82 bits per heavy atom. The van der Waals surface area contributed by atoms with Crippen LogP contribution in [-0.2, 0) is 14.3 Å². The molecule has 0 saturated carbocycles. The molecular formula is C6H10InO3S. The second kappa shape index (κ2) is 3.85. The Morgan fingerprint density at radius 1 is 1.64 bits per heavy atom. The molecule has 0 aromatic heterocycles. The van der Waals surface area contributed by atoms with E-state index in [4.69, 9.17) is 4.18 Å². The minimum atomic E-state index is -3.24. The van der Waals surface area contributed by atoms with E-state index < -0.39 is 33.0 Å². The summed E-state index contributed by atoms with van der Waals surface area (Å²) in [5, 5.41) is 0. The molecule has 1 aliphatic rings. The van der Waals surface area contributed by atoms with Gasteiger partial charge >= 0.3 is 78.5 Å². The van der Waals surface area contributed by atoms with Crippen LogP contribution in [0.4, 0.5) is 0 Å². The molecule has 61 valence electrons. The first-order valence-corrected chi connectivity index (χ1v) is 9.30. The standard InChI is InChI=1S/C6H10O3S.In/c1-3-4-5-6-9-10(2,7)8;/h5H,1,3-4H2,2H3;. The van der Waals surface area contributed by atoms with Crippen molar-refractivity contribution in [2.24, 2.45) is 0 Å². The Balaban J connectivity index is 2.55. The molecule has 0 bridgehead atoms. The van der Waals surface area contributed by atoms with Crippen molar-refractivity contribution in [2.45, 2.75) is 17.0 Å². The van der Waals surface area contributed by atoms with Gasteiger partial charge in [0.2, 0.25) is 0 Å². The third kappa shape index (κ3) is 4.06. The van der Waals surface area contributed by atoms with E-state index >= 15 is 0 Å². The third-order valence-electron chi connectivity index (χ3n) is 1.35. The van der Waals surface area contributed by atoms with E-state index in [0.29, 0.717) is 0 Å².